The zero-order valence-corrected chi connectivity index (χ0v) is 17.3. The summed E-state index contributed by atoms with van der Waals surface area (Å²) >= 11 is 1.36. The molecule has 2 N–H and O–H groups in total. The van der Waals surface area contributed by atoms with E-state index in [2.05, 4.69) is 34.7 Å². The lowest BCUT2D eigenvalue weighted by molar-refractivity contribution is -0.116. The van der Waals surface area contributed by atoms with Crippen molar-refractivity contribution in [3.63, 3.8) is 0 Å². The summed E-state index contributed by atoms with van der Waals surface area (Å²) in [5, 5.41) is 8.13. The van der Waals surface area contributed by atoms with Crippen LogP contribution in [-0.2, 0) is 17.6 Å². The molecule has 5 nitrogen and oxygen atoms in total. The normalized spacial score (nSPS) is 10.5. The molecule has 0 radical (unpaired) electrons. The summed E-state index contributed by atoms with van der Waals surface area (Å²) in [5.74, 6) is -0.235. The molecule has 0 spiro atoms. The standard InChI is InChI=1S/C23H25N3O2S/c1-2-3-7-17-10-12-19(13-11-17)24-21(27)15-14-20-16-29-23(25-20)26-22(28)18-8-5-4-6-9-18/h4-6,8-13,16H,2-3,7,14-15H2,1H3,(H,24,27)(H,25,26,28). The first kappa shape index (κ1) is 20.7. The predicted molar refractivity (Wildman–Crippen MR) is 119 cm³/mol. The van der Waals surface area contributed by atoms with Crippen molar-refractivity contribution in [1.29, 1.82) is 0 Å². The Morgan fingerprint density at radius 1 is 0.966 bits per heavy atom. The second-order valence-electron chi connectivity index (χ2n) is 6.81. The largest absolute Gasteiger partial charge is 0.326 e. The molecule has 6 heteroatoms. The van der Waals surface area contributed by atoms with E-state index in [-0.39, 0.29) is 11.8 Å². The van der Waals surface area contributed by atoms with Gasteiger partial charge in [-0.3, -0.25) is 14.9 Å². The van der Waals surface area contributed by atoms with Crippen molar-refractivity contribution in [2.45, 2.75) is 39.0 Å². The lowest BCUT2D eigenvalue weighted by Crippen LogP contribution is -2.13. The summed E-state index contributed by atoms with van der Waals surface area (Å²) in [6, 6.07) is 17.0. The van der Waals surface area contributed by atoms with Crippen molar-refractivity contribution in [3.05, 3.63) is 76.8 Å². The Bertz CT molecular complexity index is 936. The van der Waals surface area contributed by atoms with Crippen LogP contribution in [0.3, 0.4) is 0 Å². The summed E-state index contributed by atoms with van der Waals surface area (Å²) in [5.41, 5.74) is 3.48. The van der Waals surface area contributed by atoms with E-state index in [0.717, 1.165) is 17.8 Å². The number of amides is 2. The van der Waals surface area contributed by atoms with Crippen LogP contribution in [-0.4, -0.2) is 16.8 Å². The van der Waals surface area contributed by atoms with E-state index in [0.29, 0.717) is 23.5 Å². The van der Waals surface area contributed by atoms with Gasteiger partial charge >= 0.3 is 0 Å². The zero-order valence-electron chi connectivity index (χ0n) is 16.5. The highest BCUT2D eigenvalue weighted by atomic mass is 32.1. The summed E-state index contributed by atoms with van der Waals surface area (Å²) in [6.07, 6.45) is 4.28. The molecular weight excluding hydrogens is 382 g/mol. The molecule has 2 amide bonds. The number of anilines is 2. The molecule has 3 rings (SSSR count). The molecule has 0 aliphatic carbocycles. The van der Waals surface area contributed by atoms with E-state index in [4.69, 9.17) is 0 Å². The maximum Gasteiger partial charge on any atom is 0.257 e. The van der Waals surface area contributed by atoms with Gasteiger partial charge in [0.1, 0.15) is 0 Å². The van der Waals surface area contributed by atoms with Crippen LogP contribution in [0, 0.1) is 0 Å². The van der Waals surface area contributed by atoms with Gasteiger partial charge in [0, 0.05) is 23.1 Å². The first-order chi connectivity index (χ1) is 14.1. The number of nitrogens with one attached hydrogen (secondary N) is 2. The van der Waals surface area contributed by atoms with Gasteiger partial charge in [0.05, 0.1) is 5.69 Å². The van der Waals surface area contributed by atoms with E-state index in [1.54, 1.807) is 12.1 Å². The number of carbonyl (C=O) groups is 2. The molecule has 0 aliphatic heterocycles. The number of aromatic nitrogens is 1. The van der Waals surface area contributed by atoms with Gasteiger partial charge in [0.25, 0.3) is 5.91 Å². The SMILES string of the molecule is CCCCc1ccc(NC(=O)CCc2csc(NC(=O)c3ccccc3)n2)cc1. The number of hydrogen-bond donors (Lipinski definition) is 2. The van der Waals surface area contributed by atoms with Crippen LogP contribution >= 0.6 is 11.3 Å². The molecule has 0 saturated heterocycles. The number of nitrogens with zero attached hydrogens (tertiary/aromatic N) is 1. The molecule has 0 saturated carbocycles. The van der Waals surface area contributed by atoms with Gasteiger partial charge in [-0.25, -0.2) is 4.98 Å². The molecule has 0 aliphatic rings. The van der Waals surface area contributed by atoms with Gasteiger partial charge in [-0.1, -0.05) is 43.7 Å². The van der Waals surface area contributed by atoms with Crippen LogP contribution in [0.25, 0.3) is 0 Å². The molecule has 1 aromatic heterocycles. The second kappa shape index (κ2) is 10.5. The Hall–Kier alpha value is -2.99. The zero-order chi connectivity index (χ0) is 20.5. The summed E-state index contributed by atoms with van der Waals surface area (Å²) in [7, 11) is 0. The molecule has 29 heavy (non-hydrogen) atoms. The number of thiazole rings is 1. The quantitative estimate of drug-likeness (QED) is 0.505. The molecule has 1 heterocycles. The third kappa shape index (κ3) is 6.54. The van der Waals surface area contributed by atoms with E-state index < -0.39 is 0 Å². The molecule has 0 bridgehead atoms. The third-order valence-electron chi connectivity index (χ3n) is 4.47. The maximum atomic E-state index is 12.2. The molecule has 0 fully saturated rings. The van der Waals surface area contributed by atoms with Crippen LogP contribution in [0.5, 0.6) is 0 Å². The average Bonchev–Trinajstić information content (AvgIpc) is 3.19. The van der Waals surface area contributed by atoms with Crippen molar-refractivity contribution in [1.82, 2.24) is 4.98 Å². The highest BCUT2D eigenvalue weighted by Crippen LogP contribution is 2.18. The Morgan fingerprint density at radius 2 is 1.72 bits per heavy atom. The minimum atomic E-state index is -0.188. The number of hydrogen-bond acceptors (Lipinski definition) is 4. The van der Waals surface area contributed by atoms with Gasteiger partial charge in [0.15, 0.2) is 5.13 Å². The summed E-state index contributed by atoms with van der Waals surface area (Å²) < 4.78 is 0. The molecule has 3 aromatic rings. The fourth-order valence-electron chi connectivity index (χ4n) is 2.84. The summed E-state index contributed by atoms with van der Waals surface area (Å²) in [4.78, 5) is 28.8. The minimum Gasteiger partial charge on any atom is -0.326 e. The lowest BCUT2D eigenvalue weighted by atomic mass is 10.1. The second-order valence-corrected chi connectivity index (χ2v) is 7.67. The number of aryl methyl sites for hydroxylation is 2. The van der Waals surface area contributed by atoms with Gasteiger partial charge in [0.2, 0.25) is 5.91 Å². The number of benzene rings is 2. The van der Waals surface area contributed by atoms with Crippen molar-refractivity contribution in [2.75, 3.05) is 10.6 Å². The van der Waals surface area contributed by atoms with Gasteiger partial charge in [-0.2, -0.15) is 0 Å². The highest BCUT2D eigenvalue weighted by Gasteiger charge is 2.10. The van der Waals surface area contributed by atoms with Crippen molar-refractivity contribution < 1.29 is 9.59 Å². The van der Waals surface area contributed by atoms with Crippen molar-refractivity contribution in [2.24, 2.45) is 0 Å². The van der Waals surface area contributed by atoms with Crippen LogP contribution in [0.1, 0.15) is 47.8 Å². The molecule has 150 valence electrons. The Morgan fingerprint density at radius 3 is 2.45 bits per heavy atom. The highest BCUT2D eigenvalue weighted by molar-refractivity contribution is 7.14. The van der Waals surface area contributed by atoms with Crippen LogP contribution in [0.4, 0.5) is 10.8 Å². The van der Waals surface area contributed by atoms with Crippen molar-refractivity contribution >= 4 is 34.0 Å². The first-order valence-electron chi connectivity index (χ1n) is 9.83. The fraction of sp³-hybridized carbons (Fsp3) is 0.261. The fourth-order valence-corrected chi connectivity index (χ4v) is 3.58. The minimum absolute atomic E-state index is 0.0471. The van der Waals surface area contributed by atoms with Gasteiger partial charge in [-0.15, -0.1) is 11.3 Å². The summed E-state index contributed by atoms with van der Waals surface area (Å²) in [6.45, 7) is 2.18. The Kier molecular flexibility index (Phi) is 7.53. The van der Waals surface area contributed by atoms with Crippen LogP contribution in [0.15, 0.2) is 60.0 Å². The van der Waals surface area contributed by atoms with Gasteiger partial charge in [-0.05, 0) is 49.1 Å². The topological polar surface area (TPSA) is 71.1 Å². The predicted octanol–water partition coefficient (Wildman–Crippen LogP) is 5.31. The molecule has 2 aromatic carbocycles. The third-order valence-corrected chi connectivity index (χ3v) is 5.28. The monoisotopic (exact) mass is 407 g/mol. The molecular formula is C23H25N3O2S. The van der Waals surface area contributed by atoms with Gasteiger partial charge < -0.3 is 5.32 Å². The van der Waals surface area contributed by atoms with Crippen molar-refractivity contribution in [3.8, 4) is 0 Å². The first-order valence-corrected chi connectivity index (χ1v) is 10.7. The number of rotatable bonds is 9. The Labute approximate surface area is 175 Å². The van der Waals surface area contributed by atoms with E-state index in [1.165, 1.54) is 29.7 Å². The molecule has 0 atom stereocenters. The maximum absolute atomic E-state index is 12.2. The van der Waals surface area contributed by atoms with Crippen LogP contribution < -0.4 is 10.6 Å². The van der Waals surface area contributed by atoms with E-state index in [1.807, 2.05) is 35.7 Å². The number of carbonyl (C=O) groups excluding carboxylic acids is 2. The van der Waals surface area contributed by atoms with Crippen LogP contribution in [0.2, 0.25) is 0 Å². The lowest BCUT2D eigenvalue weighted by Gasteiger charge is -2.06. The van der Waals surface area contributed by atoms with E-state index >= 15 is 0 Å². The number of unbranched alkanes of at least 4 members (excludes halogenated alkanes) is 1. The smallest absolute Gasteiger partial charge is 0.257 e. The average molecular weight is 408 g/mol. The molecule has 0 unspecified atom stereocenters. The Balaban J connectivity index is 1.45. The van der Waals surface area contributed by atoms with E-state index in [9.17, 15) is 9.59 Å².